The number of nitrogens with one attached hydrogen (secondary N) is 2. The summed E-state index contributed by atoms with van der Waals surface area (Å²) in [7, 11) is 0. The van der Waals surface area contributed by atoms with E-state index in [-0.39, 0.29) is 35.9 Å². The third-order valence-electron chi connectivity index (χ3n) is 4.36. The predicted molar refractivity (Wildman–Crippen MR) is 128 cm³/mol. The van der Waals surface area contributed by atoms with E-state index in [1.54, 1.807) is 28.8 Å². The molecule has 6 nitrogen and oxygen atoms in total. The molecule has 1 amide bonds. The van der Waals surface area contributed by atoms with E-state index >= 15 is 0 Å². The SMILES string of the molecule is CCNC(=NCCCSc1ccc(F)cc1)NC1CCN(C(=O)OCC)CC1.I. The van der Waals surface area contributed by atoms with Crippen LogP contribution >= 0.6 is 35.7 Å². The maximum atomic E-state index is 12.9. The van der Waals surface area contributed by atoms with Crippen molar-refractivity contribution in [3.05, 3.63) is 30.1 Å². The predicted octanol–water partition coefficient (Wildman–Crippen LogP) is 4.10. The summed E-state index contributed by atoms with van der Waals surface area (Å²) in [5.74, 6) is 1.55. The van der Waals surface area contributed by atoms with Gasteiger partial charge in [0, 0.05) is 37.1 Å². The Hall–Kier alpha value is -1.23. The zero-order valence-electron chi connectivity index (χ0n) is 17.2. The fraction of sp³-hybridized carbons (Fsp3) is 0.600. The highest BCUT2D eigenvalue weighted by Gasteiger charge is 2.23. The molecule has 1 heterocycles. The Balaban J connectivity index is 0.00000420. The first-order valence-electron chi connectivity index (χ1n) is 9.97. The van der Waals surface area contributed by atoms with Gasteiger partial charge in [-0.05, 0) is 63.1 Å². The number of halogens is 2. The van der Waals surface area contributed by atoms with Gasteiger partial charge in [-0.1, -0.05) is 0 Å². The average molecular weight is 538 g/mol. The van der Waals surface area contributed by atoms with Crippen LogP contribution in [0, 0.1) is 5.82 Å². The van der Waals surface area contributed by atoms with E-state index in [9.17, 15) is 9.18 Å². The Morgan fingerprint density at radius 3 is 2.59 bits per heavy atom. The van der Waals surface area contributed by atoms with Crippen LogP contribution in [0.25, 0.3) is 0 Å². The summed E-state index contributed by atoms with van der Waals surface area (Å²) in [5, 5.41) is 6.76. The van der Waals surface area contributed by atoms with Crippen molar-refractivity contribution in [2.45, 2.75) is 44.0 Å². The van der Waals surface area contributed by atoms with E-state index < -0.39 is 0 Å². The first-order chi connectivity index (χ1) is 13.6. The third kappa shape index (κ3) is 9.88. The van der Waals surface area contributed by atoms with E-state index in [2.05, 4.69) is 15.6 Å². The number of likely N-dealkylation sites (tertiary alicyclic amines) is 1. The van der Waals surface area contributed by atoms with Gasteiger partial charge in [0.2, 0.25) is 0 Å². The summed E-state index contributed by atoms with van der Waals surface area (Å²) in [6, 6.07) is 6.88. The Bertz CT molecular complexity index is 625. The normalized spacial score (nSPS) is 14.9. The summed E-state index contributed by atoms with van der Waals surface area (Å²) in [5.41, 5.74) is 0. The van der Waals surface area contributed by atoms with E-state index in [0.29, 0.717) is 25.7 Å². The number of nitrogens with zero attached hydrogens (tertiary/aromatic N) is 2. The molecule has 1 aromatic carbocycles. The summed E-state index contributed by atoms with van der Waals surface area (Å²) < 4.78 is 18.0. The quantitative estimate of drug-likeness (QED) is 0.172. The molecule has 2 N–H and O–H groups in total. The number of carbonyl (C=O) groups is 1. The Morgan fingerprint density at radius 2 is 1.97 bits per heavy atom. The number of benzene rings is 1. The summed E-state index contributed by atoms with van der Waals surface area (Å²) >= 11 is 1.71. The minimum Gasteiger partial charge on any atom is -0.450 e. The first-order valence-corrected chi connectivity index (χ1v) is 11.0. The number of hydrogen-bond donors (Lipinski definition) is 2. The summed E-state index contributed by atoms with van der Waals surface area (Å²) in [6.45, 7) is 7.21. The van der Waals surface area contributed by atoms with Crippen LogP contribution in [0.5, 0.6) is 0 Å². The molecule has 9 heteroatoms. The number of amides is 1. The van der Waals surface area contributed by atoms with Crippen LogP contribution < -0.4 is 10.6 Å². The third-order valence-corrected chi connectivity index (χ3v) is 5.46. The van der Waals surface area contributed by atoms with E-state index in [1.165, 1.54) is 12.1 Å². The Morgan fingerprint density at radius 1 is 1.28 bits per heavy atom. The minimum atomic E-state index is -0.222. The number of carbonyl (C=O) groups excluding carboxylic acids is 1. The van der Waals surface area contributed by atoms with E-state index in [0.717, 1.165) is 49.0 Å². The molecule has 0 saturated carbocycles. The lowest BCUT2D eigenvalue weighted by molar-refractivity contribution is 0.0963. The van der Waals surface area contributed by atoms with Crippen molar-refractivity contribution in [3.63, 3.8) is 0 Å². The number of rotatable bonds is 8. The monoisotopic (exact) mass is 538 g/mol. The number of piperidine rings is 1. The fourth-order valence-corrected chi connectivity index (χ4v) is 3.75. The topological polar surface area (TPSA) is 66.0 Å². The van der Waals surface area contributed by atoms with Crippen molar-refractivity contribution in [3.8, 4) is 0 Å². The van der Waals surface area contributed by atoms with Crippen molar-refractivity contribution in [2.24, 2.45) is 4.99 Å². The summed E-state index contributed by atoms with van der Waals surface area (Å²) in [4.78, 5) is 19.3. The molecule has 0 spiro atoms. The maximum absolute atomic E-state index is 12.9. The Kier molecular flexibility index (Phi) is 13.1. The fourth-order valence-electron chi connectivity index (χ4n) is 2.91. The zero-order valence-corrected chi connectivity index (χ0v) is 20.3. The lowest BCUT2D eigenvalue weighted by atomic mass is 10.1. The van der Waals surface area contributed by atoms with Crippen LogP contribution in [0.1, 0.15) is 33.1 Å². The van der Waals surface area contributed by atoms with Crippen LogP contribution in [0.2, 0.25) is 0 Å². The van der Waals surface area contributed by atoms with Crippen LogP contribution in [0.15, 0.2) is 34.2 Å². The van der Waals surface area contributed by atoms with Crippen molar-refractivity contribution < 1.29 is 13.9 Å². The smallest absolute Gasteiger partial charge is 0.409 e. The second-order valence-corrected chi connectivity index (χ2v) is 7.69. The highest BCUT2D eigenvalue weighted by Crippen LogP contribution is 2.18. The molecule has 0 radical (unpaired) electrons. The van der Waals surface area contributed by atoms with Gasteiger partial charge in [0.15, 0.2) is 5.96 Å². The molecule has 0 atom stereocenters. The molecule has 1 aliphatic rings. The second-order valence-electron chi connectivity index (χ2n) is 6.52. The average Bonchev–Trinajstić information content (AvgIpc) is 2.70. The Labute approximate surface area is 194 Å². The van der Waals surface area contributed by atoms with Gasteiger partial charge in [-0.25, -0.2) is 9.18 Å². The number of thioether (sulfide) groups is 1. The molecule has 0 aliphatic carbocycles. The van der Waals surface area contributed by atoms with Crippen LogP contribution in [-0.4, -0.2) is 61.5 Å². The standard InChI is InChI=1S/C20H31FN4O2S.HI/c1-3-22-19(23-12-5-15-28-18-8-6-16(21)7-9-18)24-17-10-13-25(14-11-17)20(26)27-4-2;/h6-9,17H,3-5,10-15H2,1-2H3,(H2,22,23,24);1H. The number of aliphatic imine (C=N–C) groups is 1. The summed E-state index contributed by atoms with van der Waals surface area (Å²) in [6.07, 6.45) is 2.48. The van der Waals surface area contributed by atoms with Crippen LogP contribution in [0.3, 0.4) is 0 Å². The van der Waals surface area contributed by atoms with Gasteiger partial charge < -0.3 is 20.3 Å². The molecule has 0 unspecified atom stereocenters. The van der Waals surface area contributed by atoms with E-state index in [1.807, 2.05) is 13.8 Å². The number of hydrogen-bond acceptors (Lipinski definition) is 4. The molecule has 164 valence electrons. The lowest BCUT2D eigenvalue weighted by Gasteiger charge is -2.32. The highest BCUT2D eigenvalue weighted by molar-refractivity contribution is 14.0. The van der Waals surface area contributed by atoms with Gasteiger partial charge in [-0.2, -0.15) is 0 Å². The van der Waals surface area contributed by atoms with Crippen molar-refractivity contribution in [1.29, 1.82) is 0 Å². The lowest BCUT2D eigenvalue weighted by Crippen LogP contribution is -2.49. The first kappa shape index (κ1) is 25.8. The molecular weight excluding hydrogens is 506 g/mol. The largest absolute Gasteiger partial charge is 0.450 e. The van der Waals surface area contributed by atoms with Crippen LogP contribution in [-0.2, 0) is 4.74 Å². The van der Waals surface area contributed by atoms with Crippen molar-refractivity contribution in [1.82, 2.24) is 15.5 Å². The zero-order chi connectivity index (χ0) is 20.2. The minimum absolute atomic E-state index is 0. The van der Waals surface area contributed by atoms with Gasteiger partial charge in [-0.3, -0.25) is 4.99 Å². The van der Waals surface area contributed by atoms with Crippen molar-refractivity contribution in [2.75, 3.05) is 38.5 Å². The molecule has 1 aliphatic heterocycles. The molecule has 29 heavy (non-hydrogen) atoms. The molecular formula is C20H32FIN4O2S. The van der Waals surface area contributed by atoms with Gasteiger partial charge >= 0.3 is 6.09 Å². The second kappa shape index (κ2) is 14.7. The molecule has 0 aromatic heterocycles. The molecule has 0 bridgehead atoms. The maximum Gasteiger partial charge on any atom is 0.409 e. The highest BCUT2D eigenvalue weighted by atomic mass is 127. The van der Waals surface area contributed by atoms with Gasteiger partial charge in [0.25, 0.3) is 0 Å². The molecule has 2 rings (SSSR count). The number of ether oxygens (including phenoxy) is 1. The molecule has 1 aromatic rings. The molecule has 1 saturated heterocycles. The molecule has 1 fully saturated rings. The van der Waals surface area contributed by atoms with Crippen LogP contribution in [0.4, 0.5) is 9.18 Å². The van der Waals surface area contributed by atoms with Gasteiger partial charge in [0.05, 0.1) is 6.61 Å². The van der Waals surface area contributed by atoms with E-state index in [4.69, 9.17) is 4.74 Å². The van der Waals surface area contributed by atoms with Gasteiger partial charge in [-0.15, -0.1) is 35.7 Å². The number of guanidine groups is 1. The van der Waals surface area contributed by atoms with Crippen molar-refractivity contribution >= 4 is 47.8 Å². The van der Waals surface area contributed by atoms with Gasteiger partial charge in [0.1, 0.15) is 5.82 Å².